The third kappa shape index (κ3) is 4.77. The normalized spacial score (nSPS) is 15.6. The van der Waals surface area contributed by atoms with E-state index in [9.17, 15) is 4.79 Å². The van der Waals surface area contributed by atoms with Crippen LogP contribution in [0, 0.1) is 0 Å². The van der Waals surface area contributed by atoms with Gasteiger partial charge in [-0.25, -0.2) is 14.6 Å². The average molecular weight is 459 g/mol. The van der Waals surface area contributed by atoms with Crippen LogP contribution in [0.2, 0.25) is 0 Å². The third-order valence-electron chi connectivity index (χ3n) is 5.90. The van der Waals surface area contributed by atoms with Crippen molar-refractivity contribution in [3.8, 4) is 5.69 Å². The molecule has 3 heterocycles. The Balaban J connectivity index is 1.23. The monoisotopic (exact) mass is 458 g/mol. The summed E-state index contributed by atoms with van der Waals surface area (Å²) in [6, 6.07) is 20.4. The lowest BCUT2D eigenvalue weighted by molar-refractivity contribution is -0.132. The Morgan fingerprint density at radius 2 is 1.67 bits per heavy atom. The second-order valence-corrected chi connectivity index (χ2v) is 9.48. The maximum absolute atomic E-state index is 13.2. The van der Waals surface area contributed by atoms with E-state index in [0.717, 1.165) is 54.5 Å². The van der Waals surface area contributed by atoms with Crippen LogP contribution in [-0.4, -0.2) is 66.9 Å². The highest BCUT2D eigenvalue weighted by atomic mass is 32.2. The first-order valence-electron chi connectivity index (χ1n) is 11.1. The molecule has 1 atom stereocenters. The van der Waals surface area contributed by atoms with Gasteiger partial charge in [-0.1, -0.05) is 60.3 Å². The molecule has 7 nitrogen and oxygen atoms in total. The van der Waals surface area contributed by atoms with E-state index >= 15 is 0 Å². The molecule has 8 heteroatoms. The number of fused-ring (bicyclic) bond motifs is 1. The summed E-state index contributed by atoms with van der Waals surface area (Å²) in [6.07, 6.45) is 3.33. The van der Waals surface area contributed by atoms with Gasteiger partial charge in [0.2, 0.25) is 5.91 Å². The van der Waals surface area contributed by atoms with Crippen LogP contribution in [0.3, 0.4) is 0 Å². The molecule has 0 N–H and O–H groups in total. The number of piperazine rings is 1. The minimum absolute atomic E-state index is 0.154. The van der Waals surface area contributed by atoms with Crippen LogP contribution >= 0.6 is 11.8 Å². The lowest BCUT2D eigenvalue weighted by Gasteiger charge is -2.35. The number of aromatic nitrogens is 4. The summed E-state index contributed by atoms with van der Waals surface area (Å²) in [4.78, 5) is 26.4. The number of hydrogen-bond donors (Lipinski definition) is 0. The maximum atomic E-state index is 13.2. The standard InChI is InChI=1S/C25H26N6OS/c1-19(25(32)30-14-12-29(13-15-30)17-20-8-4-2-5-9-20)33-24-22-16-28-31(23(22)26-18-27-24)21-10-6-3-7-11-21/h2-11,16,18-19H,12-15,17H2,1H3/t19-/m0/s1. The Kier molecular flexibility index (Phi) is 6.37. The van der Waals surface area contributed by atoms with Crippen LogP contribution in [0.15, 0.2) is 78.2 Å². The van der Waals surface area contributed by atoms with Crippen molar-refractivity contribution in [3.63, 3.8) is 0 Å². The fourth-order valence-electron chi connectivity index (χ4n) is 4.12. The molecule has 0 saturated carbocycles. The first-order valence-corrected chi connectivity index (χ1v) is 12.0. The third-order valence-corrected chi connectivity index (χ3v) is 7.00. The summed E-state index contributed by atoms with van der Waals surface area (Å²) >= 11 is 1.48. The molecule has 0 spiro atoms. The van der Waals surface area contributed by atoms with Crippen molar-refractivity contribution in [3.05, 3.63) is 78.8 Å². The highest BCUT2D eigenvalue weighted by Crippen LogP contribution is 2.29. The molecule has 0 radical (unpaired) electrons. The summed E-state index contributed by atoms with van der Waals surface area (Å²) < 4.78 is 1.81. The Hall–Kier alpha value is -3.23. The lowest BCUT2D eigenvalue weighted by Crippen LogP contribution is -2.50. The van der Waals surface area contributed by atoms with Crippen molar-refractivity contribution in [2.24, 2.45) is 0 Å². The zero-order chi connectivity index (χ0) is 22.6. The molecule has 1 aliphatic heterocycles. The second kappa shape index (κ2) is 9.72. The predicted octanol–water partition coefficient (Wildman–Crippen LogP) is 3.64. The van der Waals surface area contributed by atoms with Crippen molar-refractivity contribution in [2.45, 2.75) is 23.7 Å². The number of carbonyl (C=O) groups is 1. The van der Waals surface area contributed by atoms with E-state index in [1.807, 2.05) is 48.2 Å². The van der Waals surface area contributed by atoms with Gasteiger partial charge in [-0.2, -0.15) is 5.10 Å². The van der Waals surface area contributed by atoms with E-state index in [0.29, 0.717) is 0 Å². The van der Waals surface area contributed by atoms with Gasteiger partial charge in [0.1, 0.15) is 11.4 Å². The maximum Gasteiger partial charge on any atom is 0.235 e. The van der Waals surface area contributed by atoms with Crippen molar-refractivity contribution in [2.75, 3.05) is 26.2 Å². The molecule has 1 amide bonds. The van der Waals surface area contributed by atoms with E-state index in [4.69, 9.17) is 0 Å². The number of hydrogen-bond acceptors (Lipinski definition) is 6. The topological polar surface area (TPSA) is 67.2 Å². The van der Waals surface area contributed by atoms with Gasteiger partial charge in [0.15, 0.2) is 5.65 Å². The fraction of sp³-hybridized carbons (Fsp3) is 0.280. The fourth-order valence-corrected chi connectivity index (χ4v) is 5.08. The molecule has 5 rings (SSSR count). The SMILES string of the molecule is C[C@H](Sc1ncnc2c1cnn2-c1ccccc1)C(=O)N1CCN(Cc2ccccc2)CC1. The smallest absolute Gasteiger partial charge is 0.235 e. The number of carbonyl (C=O) groups excluding carboxylic acids is 1. The van der Waals surface area contributed by atoms with Gasteiger partial charge in [0, 0.05) is 32.7 Å². The molecule has 168 valence electrons. The predicted molar refractivity (Wildman–Crippen MR) is 130 cm³/mol. The van der Waals surface area contributed by atoms with Gasteiger partial charge in [-0.3, -0.25) is 9.69 Å². The summed E-state index contributed by atoms with van der Waals surface area (Å²) in [6.45, 7) is 6.17. The van der Waals surface area contributed by atoms with E-state index in [1.165, 1.54) is 17.3 Å². The molecule has 1 saturated heterocycles. The van der Waals surface area contributed by atoms with Crippen molar-refractivity contribution >= 4 is 28.7 Å². The molecule has 0 bridgehead atoms. The number of rotatable bonds is 6. The summed E-state index contributed by atoms with van der Waals surface area (Å²) in [5, 5.41) is 5.92. The molecule has 1 fully saturated rings. The van der Waals surface area contributed by atoms with Gasteiger partial charge >= 0.3 is 0 Å². The Labute approximate surface area is 197 Å². The van der Waals surface area contributed by atoms with Crippen LogP contribution < -0.4 is 0 Å². The van der Waals surface area contributed by atoms with Crippen LogP contribution in [0.5, 0.6) is 0 Å². The molecule has 33 heavy (non-hydrogen) atoms. The molecular formula is C25H26N6OS. The van der Waals surface area contributed by atoms with E-state index in [-0.39, 0.29) is 11.2 Å². The highest BCUT2D eigenvalue weighted by molar-refractivity contribution is 8.00. The lowest BCUT2D eigenvalue weighted by atomic mass is 10.2. The minimum Gasteiger partial charge on any atom is -0.339 e. The second-order valence-electron chi connectivity index (χ2n) is 8.16. The van der Waals surface area contributed by atoms with Crippen molar-refractivity contribution < 1.29 is 4.79 Å². The van der Waals surface area contributed by atoms with Crippen LogP contribution in [-0.2, 0) is 11.3 Å². The Morgan fingerprint density at radius 3 is 2.39 bits per heavy atom. The molecule has 2 aromatic heterocycles. The molecule has 2 aromatic carbocycles. The Bertz CT molecular complexity index is 1220. The van der Waals surface area contributed by atoms with Gasteiger partial charge in [0.05, 0.1) is 22.5 Å². The average Bonchev–Trinajstić information content (AvgIpc) is 3.30. The number of para-hydroxylation sites is 1. The minimum atomic E-state index is -0.233. The first-order chi connectivity index (χ1) is 16.2. The zero-order valence-electron chi connectivity index (χ0n) is 18.5. The summed E-state index contributed by atoms with van der Waals surface area (Å²) in [7, 11) is 0. The van der Waals surface area contributed by atoms with E-state index in [1.54, 1.807) is 17.2 Å². The van der Waals surface area contributed by atoms with Crippen LogP contribution in [0.4, 0.5) is 0 Å². The first kappa shape index (κ1) is 21.6. The molecule has 1 aliphatic rings. The van der Waals surface area contributed by atoms with Crippen molar-refractivity contribution in [1.29, 1.82) is 0 Å². The van der Waals surface area contributed by atoms with Crippen LogP contribution in [0.1, 0.15) is 12.5 Å². The number of benzene rings is 2. The van der Waals surface area contributed by atoms with Gasteiger partial charge in [-0.05, 0) is 24.6 Å². The molecular weight excluding hydrogens is 432 g/mol. The highest BCUT2D eigenvalue weighted by Gasteiger charge is 2.26. The summed E-state index contributed by atoms with van der Waals surface area (Å²) in [5.41, 5.74) is 3.00. The van der Waals surface area contributed by atoms with Gasteiger partial charge in [-0.15, -0.1) is 0 Å². The quantitative estimate of drug-likeness (QED) is 0.325. The van der Waals surface area contributed by atoms with Crippen LogP contribution in [0.25, 0.3) is 16.7 Å². The van der Waals surface area contributed by atoms with E-state index in [2.05, 4.69) is 44.2 Å². The van der Waals surface area contributed by atoms with Crippen molar-refractivity contribution in [1.82, 2.24) is 29.5 Å². The summed E-state index contributed by atoms with van der Waals surface area (Å²) in [5.74, 6) is 0.154. The molecule has 0 aliphatic carbocycles. The number of amides is 1. The largest absolute Gasteiger partial charge is 0.339 e. The number of thioether (sulfide) groups is 1. The van der Waals surface area contributed by atoms with E-state index < -0.39 is 0 Å². The zero-order valence-corrected chi connectivity index (χ0v) is 19.4. The van der Waals surface area contributed by atoms with Gasteiger partial charge < -0.3 is 4.90 Å². The molecule has 0 unspecified atom stereocenters. The molecule has 4 aromatic rings. The Morgan fingerprint density at radius 1 is 0.970 bits per heavy atom. The van der Waals surface area contributed by atoms with Gasteiger partial charge in [0.25, 0.3) is 0 Å². The number of nitrogens with zero attached hydrogens (tertiary/aromatic N) is 6.